The molecule has 0 unspecified atom stereocenters. The first-order valence-electron chi connectivity index (χ1n) is 4.18. The summed E-state index contributed by atoms with van der Waals surface area (Å²) in [5, 5.41) is 0.739. The van der Waals surface area contributed by atoms with Gasteiger partial charge in [-0.15, -0.1) is 0 Å². The molecule has 0 bridgehead atoms. The van der Waals surface area contributed by atoms with Gasteiger partial charge in [0.25, 0.3) is 0 Å². The minimum Gasteiger partial charge on any atom is -0.264 e. The molecule has 0 aliphatic carbocycles. The van der Waals surface area contributed by atoms with Crippen LogP contribution in [0.1, 0.15) is 5.69 Å². The molecule has 0 aromatic carbocycles. The quantitative estimate of drug-likeness (QED) is 0.768. The molecule has 0 atom stereocenters. The van der Waals surface area contributed by atoms with Crippen LogP contribution in [-0.2, 0) is 5.33 Å². The number of hydrogen-bond acceptors (Lipinski definition) is 3. The Hall–Kier alpha value is -1.29. The molecule has 2 aromatic heterocycles. The third-order valence-electron chi connectivity index (χ3n) is 1.77. The molecule has 14 heavy (non-hydrogen) atoms. The lowest BCUT2D eigenvalue weighted by Crippen LogP contribution is -1.92. The monoisotopic (exact) mass is 249 g/mol. The van der Waals surface area contributed by atoms with Gasteiger partial charge in [0.05, 0.1) is 5.69 Å². The van der Waals surface area contributed by atoms with Crippen LogP contribution in [0.15, 0.2) is 36.8 Å². The molecule has 3 nitrogen and oxygen atoms in total. The number of alkyl halides is 1. The molecular weight excluding hydrogens is 242 g/mol. The average Bonchev–Trinajstić information content (AvgIpc) is 2.30. The Morgan fingerprint density at radius 1 is 1.21 bits per heavy atom. The molecule has 0 amide bonds. The predicted molar refractivity (Wildman–Crippen MR) is 57.9 cm³/mol. The zero-order valence-corrected chi connectivity index (χ0v) is 8.98. The first-order chi connectivity index (χ1) is 6.90. The van der Waals surface area contributed by atoms with Crippen molar-refractivity contribution in [2.75, 3.05) is 0 Å². The Kier molecular flexibility index (Phi) is 2.84. The molecule has 0 aliphatic heterocycles. The van der Waals surface area contributed by atoms with Crippen LogP contribution >= 0.6 is 15.9 Å². The number of hydrogen-bond donors (Lipinski definition) is 0. The second-order valence-electron chi connectivity index (χ2n) is 2.75. The summed E-state index contributed by atoms with van der Waals surface area (Å²) in [6.07, 6.45) is 5.25. The van der Waals surface area contributed by atoms with E-state index in [0.29, 0.717) is 0 Å². The fraction of sp³-hybridized carbons (Fsp3) is 0.100. The van der Waals surface area contributed by atoms with Crippen molar-refractivity contribution in [2.45, 2.75) is 5.33 Å². The molecule has 2 aromatic rings. The van der Waals surface area contributed by atoms with E-state index in [0.717, 1.165) is 22.4 Å². The lowest BCUT2D eigenvalue weighted by atomic mass is 10.2. The van der Waals surface area contributed by atoms with Gasteiger partial charge in [-0.25, -0.2) is 9.97 Å². The molecule has 2 rings (SSSR count). The Labute approximate surface area is 90.4 Å². The van der Waals surface area contributed by atoms with Crippen LogP contribution in [-0.4, -0.2) is 15.0 Å². The summed E-state index contributed by atoms with van der Waals surface area (Å²) in [4.78, 5) is 12.6. The van der Waals surface area contributed by atoms with Gasteiger partial charge >= 0.3 is 0 Å². The fourth-order valence-electron chi connectivity index (χ4n) is 1.10. The van der Waals surface area contributed by atoms with Crippen LogP contribution in [0.2, 0.25) is 0 Å². The molecular formula is C10H8BrN3. The van der Waals surface area contributed by atoms with Crippen molar-refractivity contribution in [3.8, 4) is 11.4 Å². The van der Waals surface area contributed by atoms with E-state index >= 15 is 0 Å². The minimum atomic E-state index is 0.718. The Morgan fingerprint density at radius 3 is 2.86 bits per heavy atom. The predicted octanol–water partition coefficient (Wildman–Crippen LogP) is 2.43. The molecule has 0 radical (unpaired) electrons. The molecule has 0 fully saturated rings. The lowest BCUT2D eigenvalue weighted by molar-refractivity contribution is 1.10. The topological polar surface area (TPSA) is 38.7 Å². The summed E-state index contributed by atoms with van der Waals surface area (Å²) in [6.45, 7) is 0. The van der Waals surface area contributed by atoms with Crippen LogP contribution in [0.5, 0.6) is 0 Å². The highest BCUT2D eigenvalue weighted by Crippen LogP contribution is 2.13. The number of halogens is 1. The van der Waals surface area contributed by atoms with Crippen molar-refractivity contribution in [3.05, 3.63) is 42.5 Å². The first-order valence-corrected chi connectivity index (χ1v) is 5.30. The summed E-state index contributed by atoms with van der Waals surface area (Å²) >= 11 is 3.36. The van der Waals surface area contributed by atoms with E-state index in [1.54, 1.807) is 18.6 Å². The van der Waals surface area contributed by atoms with Gasteiger partial charge in [-0.05, 0) is 18.2 Å². The maximum Gasteiger partial charge on any atom is 0.160 e. The SMILES string of the molecule is BrCc1ccnc(-c2cccnc2)n1. The van der Waals surface area contributed by atoms with Crippen LogP contribution in [0, 0.1) is 0 Å². The summed E-state index contributed by atoms with van der Waals surface area (Å²) in [5.74, 6) is 0.718. The number of nitrogens with zero attached hydrogens (tertiary/aromatic N) is 3. The van der Waals surface area contributed by atoms with Gasteiger partial charge < -0.3 is 0 Å². The van der Waals surface area contributed by atoms with Crippen molar-refractivity contribution in [3.63, 3.8) is 0 Å². The molecule has 0 spiro atoms. The molecule has 70 valence electrons. The summed E-state index contributed by atoms with van der Waals surface area (Å²) in [6, 6.07) is 5.70. The largest absolute Gasteiger partial charge is 0.264 e. The normalized spacial score (nSPS) is 10.1. The van der Waals surface area contributed by atoms with Crippen molar-refractivity contribution < 1.29 is 0 Å². The number of aromatic nitrogens is 3. The highest BCUT2D eigenvalue weighted by molar-refractivity contribution is 9.08. The summed E-state index contributed by atoms with van der Waals surface area (Å²) in [7, 11) is 0. The van der Waals surface area contributed by atoms with E-state index in [2.05, 4.69) is 30.9 Å². The van der Waals surface area contributed by atoms with Gasteiger partial charge in [-0.2, -0.15) is 0 Å². The maximum absolute atomic E-state index is 4.36. The second kappa shape index (κ2) is 4.28. The van der Waals surface area contributed by atoms with Gasteiger partial charge in [0.15, 0.2) is 5.82 Å². The van der Waals surface area contributed by atoms with Crippen molar-refractivity contribution >= 4 is 15.9 Å². The van der Waals surface area contributed by atoms with Gasteiger partial charge in [0.2, 0.25) is 0 Å². The van der Waals surface area contributed by atoms with Crippen molar-refractivity contribution in [2.24, 2.45) is 0 Å². The minimum absolute atomic E-state index is 0.718. The van der Waals surface area contributed by atoms with Crippen molar-refractivity contribution in [1.82, 2.24) is 15.0 Å². The third-order valence-corrected chi connectivity index (χ3v) is 2.34. The molecule has 4 heteroatoms. The fourth-order valence-corrected chi connectivity index (χ4v) is 1.42. The second-order valence-corrected chi connectivity index (χ2v) is 3.31. The summed E-state index contributed by atoms with van der Waals surface area (Å²) in [5.41, 5.74) is 1.91. The van der Waals surface area contributed by atoms with Gasteiger partial charge in [-0.1, -0.05) is 15.9 Å². The smallest absolute Gasteiger partial charge is 0.160 e. The number of rotatable bonds is 2. The zero-order valence-electron chi connectivity index (χ0n) is 7.39. The highest BCUT2D eigenvalue weighted by atomic mass is 79.9. The maximum atomic E-state index is 4.36. The molecule has 2 heterocycles. The van der Waals surface area contributed by atoms with Gasteiger partial charge in [0.1, 0.15) is 0 Å². The lowest BCUT2D eigenvalue weighted by Gasteiger charge is -2.00. The third kappa shape index (κ3) is 1.96. The van der Waals surface area contributed by atoms with Crippen molar-refractivity contribution in [1.29, 1.82) is 0 Å². The molecule has 0 saturated heterocycles. The number of pyridine rings is 1. The van der Waals surface area contributed by atoms with Crippen LogP contribution in [0.25, 0.3) is 11.4 Å². The van der Waals surface area contributed by atoms with Gasteiger partial charge in [0, 0.05) is 29.5 Å². The van der Waals surface area contributed by atoms with E-state index in [1.807, 2.05) is 18.2 Å². The zero-order chi connectivity index (χ0) is 9.80. The van der Waals surface area contributed by atoms with E-state index in [4.69, 9.17) is 0 Å². The standard InChI is InChI=1S/C10H8BrN3/c11-6-9-3-5-13-10(14-9)8-2-1-4-12-7-8/h1-5,7H,6H2. The van der Waals surface area contributed by atoms with E-state index in [9.17, 15) is 0 Å². The molecule has 0 aliphatic rings. The molecule has 0 N–H and O–H groups in total. The van der Waals surface area contributed by atoms with E-state index < -0.39 is 0 Å². The Morgan fingerprint density at radius 2 is 2.14 bits per heavy atom. The van der Waals surface area contributed by atoms with E-state index in [1.165, 1.54) is 0 Å². The Bertz CT molecular complexity index is 417. The summed E-state index contributed by atoms with van der Waals surface area (Å²) < 4.78 is 0. The average molecular weight is 250 g/mol. The van der Waals surface area contributed by atoms with Gasteiger partial charge in [-0.3, -0.25) is 4.98 Å². The first kappa shape index (κ1) is 9.27. The Balaban J connectivity index is 2.42. The van der Waals surface area contributed by atoms with Crippen LogP contribution in [0.3, 0.4) is 0 Å². The van der Waals surface area contributed by atoms with E-state index in [-0.39, 0.29) is 0 Å². The molecule has 0 saturated carbocycles. The van der Waals surface area contributed by atoms with Crippen LogP contribution < -0.4 is 0 Å². The van der Waals surface area contributed by atoms with Crippen LogP contribution in [0.4, 0.5) is 0 Å². The highest BCUT2D eigenvalue weighted by Gasteiger charge is 2.00.